The van der Waals surface area contributed by atoms with Gasteiger partial charge in [0.2, 0.25) is 5.91 Å². The molecule has 2 rings (SSSR count). The zero-order valence-corrected chi connectivity index (χ0v) is 9.74. The molecule has 3 N–H and O–H groups in total. The third-order valence-electron chi connectivity index (χ3n) is 3.71. The molecule has 92 valence electrons. The number of rotatable bonds is 3. The number of carbonyl (C=O) groups is 1. The molecule has 2 unspecified atom stereocenters. The standard InChI is InChI=1S/C12H22N2O2/c15-10-5-4-9(7-10)8-14-12(16)11-3-1-2-6-13-11/h9-11,13,15H,1-8H2,(H,14,16)/t9?,10?,11-/m1/s1. The van der Waals surface area contributed by atoms with Gasteiger partial charge < -0.3 is 15.7 Å². The monoisotopic (exact) mass is 226 g/mol. The maximum Gasteiger partial charge on any atom is 0.237 e. The highest BCUT2D eigenvalue weighted by atomic mass is 16.3. The number of amides is 1. The van der Waals surface area contributed by atoms with Crippen molar-refractivity contribution in [1.29, 1.82) is 0 Å². The summed E-state index contributed by atoms with van der Waals surface area (Å²) in [4.78, 5) is 11.8. The van der Waals surface area contributed by atoms with E-state index in [0.29, 0.717) is 5.92 Å². The van der Waals surface area contributed by atoms with Crippen molar-refractivity contribution >= 4 is 5.91 Å². The molecule has 0 aromatic carbocycles. The summed E-state index contributed by atoms with van der Waals surface area (Å²) in [6, 6.07) is 0.0140. The van der Waals surface area contributed by atoms with Crippen LogP contribution in [0.3, 0.4) is 0 Å². The molecular formula is C12H22N2O2. The first-order valence-electron chi connectivity index (χ1n) is 6.45. The highest BCUT2D eigenvalue weighted by Crippen LogP contribution is 2.24. The van der Waals surface area contributed by atoms with Crippen LogP contribution in [0.5, 0.6) is 0 Å². The Balaban J connectivity index is 1.66. The minimum absolute atomic E-state index is 0.0140. The van der Waals surface area contributed by atoms with Crippen molar-refractivity contribution in [3.05, 3.63) is 0 Å². The molecule has 16 heavy (non-hydrogen) atoms. The van der Waals surface area contributed by atoms with Gasteiger partial charge in [-0.05, 0) is 44.6 Å². The summed E-state index contributed by atoms with van der Waals surface area (Å²) in [5.74, 6) is 0.614. The van der Waals surface area contributed by atoms with Gasteiger partial charge in [-0.3, -0.25) is 4.79 Å². The van der Waals surface area contributed by atoms with Crippen LogP contribution >= 0.6 is 0 Å². The van der Waals surface area contributed by atoms with Crippen LogP contribution in [0, 0.1) is 5.92 Å². The normalized spacial score (nSPS) is 34.9. The molecule has 0 aromatic heterocycles. The number of nitrogens with one attached hydrogen (secondary N) is 2. The fourth-order valence-corrected chi connectivity index (χ4v) is 2.68. The summed E-state index contributed by atoms with van der Waals surface area (Å²) in [5, 5.41) is 15.6. The first-order chi connectivity index (χ1) is 7.75. The van der Waals surface area contributed by atoms with Crippen molar-refractivity contribution in [2.75, 3.05) is 13.1 Å². The quantitative estimate of drug-likeness (QED) is 0.653. The van der Waals surface area contributed by atoms with E-state index in [1.54, 1.807) is 0 Å². The van der Waals surface area contributed by atoms with Gasteiger partial charge in [-0.25, -0.2) is 0 Å². The largest absolute Gasteiger partial charge is 0.393 e. The van der Waals surface area contributed by atoms with E-state index < -0.39 is 0 Å². The lowest BCUT2D eigenvalue weighted by Crippen LogP contribution is -2.47. The van der Waals surface area contributed by atoms with Gasteiger partial charge in [0.1, 0.15) is 0 Å². The fraction of sp³-hybridized carbons (Fsp3) is 0.917. The number of piperidine rings is 1. The molecule has 1 aliphatic carbocycles. The predicted molar refractivity (Wildman–Crippen MR) is 62.0 cm³/mol. The van der Waals surface area contributed by atoms with E-state index in [-0.39, 0.29) is 18.1 Å². The van der Waals surface area contributed by atoms with Gasteiger partial charge in [0.25, 0.3) is 0 Å². The topological polar surface area (TPSA) is 61.4 Å². The molecular weight excluding hydrogens is 204 g/mol. The van der Waals surface area contributed by atoms with Crippen LogP contribution in [0.4, 0.5) is 0 Å². The summed E-state index contributed by atoms with van der Waals surface area (Å²) < 4.78 is 0. The average Bonchev–Trinajstić information content (AvgIpc) is 2.73. The van der Waals surface area contributed by atoms with Crippen LogP contribution in [-0.2, 0) is 4.79 Å². The Morgan fingerprint density at radius 2 is 2.19 bits per heavy atom. The minimum atomic E-state index is -0.144. The molecule has 1 aliphatic heterocycles. The Morgan fingerprint density at radius 1 is 1.31 bits per heavy atom. The van der Waals surface area contributed by atoms with Gasteiger partial charge in [0.15, 0.2) is 0 Å². The first-order valence-corrected chi connectivity index (χ1v) is 6.45. The summed E-state index contributed by atoms with van der Waals surface area (Å²) in [6.45, 7) is 1.69. The molecule has 0 aromatic rings. The lowest BCUT2D eigenvalue weighted by atomic mass is 10.0. The lowest BCUT2D eigenvalue weighted by Gasteiger charge is -2.23. The van der Waals surface area contributed by atoms with Crippen molar-refractivity contribution < 1.29 is 9.90 Å². The maximum absolute atomic E-state index is 11.8. The predicted octanol–water partition coefficient (Wildman–Crippen LogP) is 0.406. The molecule has 0 radical (unpaired) electrons. The summed E-state index contributed by atoms with van der Waals surface area (Å²) in [5.41, 5.74) is 0. The molecule has 0 spiro atoms. The zero-order chi connectivity index (χ0) is 11.4. The number of aliphatic hydroxyl groups excluding tert-OH is 1. The molecule has 0 bridgehead atoms. The maximum atomic E-state index is 11.8. The minimum Gasteiger partial charge on any atom is -0.393 e. The average molecular weight is 226 g/mol. The fourth-order valence-electron chi connectivity index (χ4n) is 2.68. The van der Waals surface area contributed by atoms with E-state index in [4.69, 9.17) is 0 Å². The molecule has 1 heterocycles. The molecule has 4 nitrogen and oxygen atoms in total. The number of hydrogen-bond donors (Lipinski definition) is 3. The van der Waals surface area contributed by atoms with E-state index in [1.807, 2.05) is 0 Å². The third-order valence-corrected chi connectivity index (χ3v) is 3.71. The van der Waals surface area contributed by atoms with E-state index in [1.165, 1.54) is 6.42 Å². The van der Waals surface area contributed by atoms with Crippen molar-refractivity contribution in [1.82, 2.24) is 10.6 Å². The van der Waals surface area contributed by atoms with Crippen molar-refractivity contribution in [3.63, 3.8) is 0 Å². The Bertz CT molecular complexity index is 239. The first kappa shape index (κ1) is 11.9. The lowest BCUT2D eigenvalue weighted by molar-refractivity contribution is -0.123. The number of hydrogen-bond acceptors (Lipinski definition) is 3. The molecule has 3 atom stereocenters. The van der Waals surface area contributed by atoms with Gasteiger partial charge >= 0.3 is 0 Å². The van der Waals surface area contributed by atoms with Gasteiger partial charge in [0.05, 0.1) is 12.1 Å². The van der Waals surface area contributed by atoms with Gasteiger partial charge in [-0.2, -0.15) is 0 Å². The van der Waals surface area contributed by atoms with Crippen LogP contribution in [0.2, 0.25) is 0 Å². The molecule has 1 saturated carbocycles. The zero-order valence-electron chi connectivity index (χ0n) is 9.74. The molecule has 4 heteroatoms. The van der Waals surface area contributed by atoms with Crippen LogP contribution in [0.15, 0.2) is 0 Å². The second-order valence-corrected chi connectivity index (χ2v) is 5.08. The molecule has 1 amide bonds. The smallest absolute Gasteiger partial charge is 0.237 e. The summed E-state index contributed by atoms with van der Waals surface area (Å²) in [6.07, 6.45) is 5.92. The van der Waals surface area contributed by atoms with E-state index in [0.717, 1.165) is 45.2 Å². The number of carbonyl (C=O) groups excluding carboxylic acids is 1. The Morgan fingerprint density at radius 3 is 2.81 bits per heavy atom. The SMILES string of the molecule is O=C(NCC1CCC(O)C1)[C@H]1CCCCN1. The van der Waals surface area contributed by atoms with Gasteiger partial charge in [0, 0.05) is 6.54 Å². The Hall–Kier alpha value is -0.610. The van der Waals surface area contributed by atoms with E-state index in [2.05, 4.69) is 10.6 Å². The van der Waals surface area contributed by atoms with Crippen LogP contribution < -0.4 is 10.6 Å². The van der Waals surface area contributed by atoms with Crippen LogP contribution in [-0.4, -0.2) is 36.2 Å². The van der Waals surface area contributed by atoms with Crippen molar-refractivity contribution in [2.24, 2.45) is 5.92 Å². The molecule has 1 saturated heterocycles. The second-order valence-electron chi connectivity index (χ2n) is 5.08. The summed E-state index contributed by atoms with van der Waals surface area (Å²) in [7, 11) is 0. The molecule has 2 aliphatic rings. The summed E-state index contributed by atoms with van der Waals surface area (Å²) >= 11 is 0. The van der Waals surface area contributed by atoms with Crippen molar-refractivity contribution in [2.45, 2.75) is 50.7 Å². The highest BCUT2D eigenvalue weighted by molar-refractivity contribution is 5.81. The number of aliphatic hydroxyl groups is 1. The second kappa shape index (κ2) is 5.64. The third kappa shape index (κ3) is 3.19. The highest BCUT2D eigenvalue weighted by Gasteiger charge is 2.25. The van der Waals surface area contributed by atoms with Gasteiger partial charge in [-0.1, -0.05) is 6.42 Å². The van der Waals surface area contributed by atoms with Crippen molar-refractivity contribution in [3.8, 4) is 0 Å². The van der Waals surface area contributed by atoms with E-state index in [9.17, 15) is 9.90 Å². The van der Waals surface area contributed by atoms with Crippen LogP contribution in [0.25, 0.3) is 0 Å². The van der Waals surface area contributed by atoms with Crippen LogP contribution in [0.1, 0.15) is 38.5 Å². The molecule has 2 fully saturated rings. The van der Waals surface area contributed by atoms with E-state index >= 15 is 0 Å². The Kier molecular flexibility index (Phi) is 4.18. The Labute approximate surface area is 96.8 Å². The van der Waals surface area contributed by atoms with Gasteiger partial charge in [-0.15, -0.1) is 0 Å².